The van der Waals surface area contributed by atoms with Gasteiger partial charge >= 0.3 is 6.18 Å². The maximum absolute atomic E-state index is 11.7. The first-order valence-corrected chi connectivity index (χ1v) is 3.78. The Morgan fingerprint density at radius 1 is 1.50 bits per heavy atom. The molecule has 0 spiro atoms. The molecular weight excluding hydrogens is 171 g/mol. The van der Waals surface area contributed by atoms with Crippen molar-refractivity contribution in [2.75, 3.05) is 19.7 Å². The summed E-state index contributed by atoms with van der Waals surface area (Å²) in [6.45, 7) is 0.117. The molecule has 1 aliphatic rings. The van der Waals surface area contributed by atoms with Crippen molar-refractivity contribution < 1.29 is 17.9 Å². The van der Waals surface area contributed by atoms with E-state index in [-0.39, 0.29) is 6.10 Å². The molecule has 71 valence electrons. The van der Waals surface area contributed by atoms with Gasteiger partial charge in [0, 0.05) is 6.54 Å². The minimum absolute atomic E-state index is 0.319. The zero-order valence-electron chi connectivity index (χ0n) is 6.53. The smallest absolute Gasteiger partial charge is 0.367 e. The number of nitrogens with one attached hydrogen (secondary N) is 1. The highest BCUT2D eigenvalue weighted by atomic mass is 19.4. The average Bonchev–Trinajstić information content (AvgIpc) is 2.02. The molecule has 12 heavy (non-hydrogen) atoms. The van der Waals surface area contributed by atoms with E-state index in [1.807, 2.05) is 6.42 Å². The Morgan fingerprint density at radius 2 is 2.25 bits per heavy atom. The lowest BCUT2D eigenvalue weighted by atomic mass is 10.1. The van der Waals surface area contributed by atoms with Gasteiger partial charge in [-0.3, -0.25) is 0 Å². The standard InChI is InChI=1S/C7H11F3NO/c8-7(9,10)5-12-6-2-1-3-11-4-6/h1,6,11H,2-5H2/t6-/m1/s1. The van der Waals surface area contributed by atoms with Crippen LogP contribution in [0.15, 0.2) is 0 Å². The Labute approximate surface area is 69.1 Å². The monoisotopic (exact) mass is 182 g/mol. The fourth-order valence-electron chi connectivity index (χ4n) is 1.04. The van der Waals surface area contributed by atoms with E-state index in [1.165, 1.54) is 0 Å². The molecule has 0 aromatic heterocycles. The Balaban J connectivity index is 2.13. The minimum Gasteiger partial charge on any atom is -0.367 e. The Kier molecular flexibility index (Phi) is 3.34. The van der Waals surface area contributed by atoms with Gasteiger partial charge in [-0.05, 0) is 19.4 Å². The Hall–Kier alpha value is -0.290. The van der Waals surface area contributed by atoms with Gasteiger partial charge in [-0.25, -0.2) is 0 Å². The molecule has 1 heterocycles. The average molecular weight is 182 g/mol. The number of hydrogen-bond acceptors (Lipinski definition) is 2. The van der Waals surface area contributed by atoms with E-state index in [2.05, 4.69) is 10.1 Å². The van der Waals surface area contributed by atoms with Crippen molar-refractivity contribution in [2.24, 2.45) is 0 Å². The summed E-state index contributed by atoms with van der Waals surface area (Å²) < 4.78 is 39.6. The van der Waals surface area contributed by atoms with Gasteiger partial charge in [0.15, 0.2) is 0 Å². The van der Waals surface area contributed by atoms with E-state index in [1.54, 1.807) is 0 Å². The van der Waals surface area contributed by atoms with Gasteiger partial charge < -0.3 is 10.1 Å². The van der Waals surface area contributed by atoms with Gasteiger partial charge in [0.2, 0.25) is 0 Å². The summed E-state index contributed by atoms with van der Waals surface area (Å²) in [5.41, 5.74) is 0. The molecule has 0 aromatic carbocycles. The van der Waals surface area contributed by atoms with Gasteiger partial charge in [-0.2, -0.15) is 13.2 Å². The van der Waals surface area contributed by atoms with Crippen LogP contribution in [0.5, 0.6) is 0 Å². The summed E-state index contributed by atoms with van der Waals surface area (Å²) in [5, 5.41) is 2.92. The van der Waals surface area contributed by atoms with Crippen molar-refractivity contribution in [1.29, 1.82) is 0 Å². The van der Waals surface area contributed by atoms with Crippen molar-refractivity contribution in [3.63, 3.8) is 0 Å². The molecule has 1 radical (unpaired) electrons. The first-order valence-electron chi connectivity index (χ1n) is 3.78. The van der Waals surface area contributed by atoms with Crippen molar-refractivity contribution in [1.82, 2.24) is 5.32 Å². The van der Waals surface area contributed by atoms with Crippen LogP contribution in [0.2, 0.25) is 0 Å². The first kappa shape index (κ1) is 9.80. The summed E-state index contributed by atoms with van der Waals surface area (Å²) in [7, 11) is 0. The lowest BCUT2D eigenvalue weighted by Gasteiger charge is -2.23. The minimum atomic E-state index is -4.21. The molecular formula is C7H11F3NO. The zero-order valence-corrected chi connectivity index (χ0v) is 6.53. The molecule has 0 bridgehead atoms. The molecule has 5 heteroatoms. The van der Waals surface area contributed by atoms with Crippen molar-refractivity contribution in [3.05, 3.63) is 6.42 Å². The van der Waals surface area contributed by atoms with Crippen LogP contribution in [-0.4, -0.2) is 32.0 Å². The van der Waals surface area contributed by atoms with Gasteiger partial charge in [0.25, 0.3) is 0 Å². The van der Waals surface area contributed by atoms with E-state index < -0.39 is 12.8 Å². The van der Waals surface area contributed by atoms with Gasteiger partial charge in [0.05, 0.1) is 6.10 Å². The van der Waals surface area contributed by atoms with Crippen LogP contribution in [0, 0.1) is 6.42 Å². The Bertz CT molecular complexity index is 131. The van der Waals surface area contributed by atoms with Crippen LogP contribution in [0.4, 0.5) is 13.2 Å². The van der Waals surface area contributed by atoms with E-state index in [0.717, 1.165) is 6.54 Å². The van der Waals surface area contributed by atoms with Gasteiger partial charge in [-0.15, -0.1) is 0 Å². The highest BCUT2D eigenvalue weighted by molar-refractivity contribution is 4.81. The number of piperidine rings is 1. The summed E-state index contributed by atoms with van der Waals surface area (Å²) in [6, 6.07) is 0. The molecule has 0 amide bonds. The third-order valence-corrected chi connectivity index (χ3v) is 1.57. The number of alkyl halides is 3. The van der Waals surface area contributed by atoms with E-state index in [9.17, 15) is 13.2 Å². The van der Waals surface area contributed by atoms with E-state index in [4.69, 9.17) is 0 Å². The molecule has 0 saturated carbocycles. The molecule has 2 nitrogen and oxygen atoms in total. The van der Waals surface area contributed by atoms with Crippen LogP contribution in [0.25, 0.3) is 0 Å². The lowest BCUT2D eigenvalue weighted by molar-refractivity contribution is -0.185. The molecule has 1 fully saturated rings. The van der Waals surface area contributed by atoms with Gasteiger partial charge in [-0.1, -0.05) is 0 Å². The molecule has 1 N–H and O–H groups in total. The summed E-state index contributed by atoms with van der Waals surface area (Å²) in [5.74, 6) is 0. The quantitative estimate of drug-likeness (QED) is 0.691. The zero-order chi connectivity index (χ0) is 9.03. The lowest BCUT2D eigenvalue weighted by Crippen LogP contribution is -2.37. The predicted molar refractivity (Wildman–Crippen MR) is 37.6 cm³/mol. The first-order chi connectivity index (χ1) is 5.58. The second-order valence-electron chi connectivity index (χ2n) is 2.73. The predicted octanol–water partition coefficient (Wildman–Crippen LogP) is 1.13. The molecule has 1 atom stereocenters. The van der Waals surface area contributed by atoms with Crippen LogP contribution in [0.1, 0.15) is 6.42 Å². The highest BCUT2D eigenvalue weighted by Gasteiger charge is 2.29. The third-order valence-electron chi connectivity index (χ3n) is 1.57. The fourth-order valence-corrected chi connectivity index (χ4v) is 1.04. The summed E-state index contributed by atoms with van der Waals surface area (Å²) in [4.78, 5) is 0. The van der Waals surface area contributed by atoms with Crippen molar-refractivity contribution in [3.8, 4) is 0 Å². The van der Waals surface area contributed by atoms with Gasteiger partial charge in [0.1, 0.15) is 6.61 Å². The number of hydrogen-bond donors (Lipinski definition) is 1. The largest absolute Gasteiger partial charge is 0.411 e. The highest BCUT2D eigenvalue weighted by Crippen LogP contribution is 2.17. The third kappa shape index (κ3) is 3.92. The summed E-state index contributed by atoms with van der Waals surface area (Å²) >= 11 is 0. The molecule has 0 unspecified atom stereocenters. The van der Waals surface area contributed by atoms with Crippen LogP contribution in [0.3, 0.4) is 0 Å². The second-order valence-corrected chi connectivity index (χ2v) is 2.73. The number of ether oxygens (including phenoxy) is 1. The second kappa shape index (κ2) is 4.09. The van der Waals surface area contributed by atoms with Crippen LogP contribution < -0.4 is 5.32 Å². The molecule has 1 rings (SSSR count). The topological polar surface area (TPSA) is 21.3 Å². The maximum atomic E-state index is 11.7. The maximum Gasteiger partial charge on any atom is 0.411 e. The fraction of sp³-hybridized carbons (Fsp3) is 0.857. The van der Waals surface area contributed by atoms with Crippen LogP contribution >= 0.6 is 0 Å². The Morgan fingerprint density at radius 3 is 2.75 bits per heavy atom. The number of rotatable bonds is 2. The van der Waals surface area contributed by atoms with E-state index >= 15 is 0 Å². The van der Waals surface area contributed by atoms with Crippen molar-refractivity contribution in [2.45, 2.75) is 18.7 Å². The number of halogens is 3. The summed E-state index contributed by atoms with van der Waals surface area (Å²) in [6.07, 6.45) is -2.05. The molecule has 0 aromatic rings. The molecule has 1 saturated heterocycles. The van der Waals surface area contributed by atoms with E-state index in [0.29, 0.717) is 13.0 Å². The van der Waals surface area contributed by atoms with Crippen molar-refractivity contribution >= 4 is 0 Å². The normalized spacial score (nSPS) is 25.8. The van der Waals surface area contributed by atoms with Crippen LogP contribution in [-0.2, 0) is 4.74 Å². The SMILES string of the molecule is FC(F)(F)CO[C@@H]1C[CH]CNC1. The molecule has 0 aliphatic carbocycles. The molecule has 1 aliphatic heterocycles.